The number of halogens is 2. The van der Waals surface area contributed by atoms with E-state index < -0.39 is 12.3 Å². The molecular formula is C24H34F2N2O. The SMILES string of the molecule is CCCCC[C@H](F)CCOc1cnc(-c2ccc(CC[C@H](F)CCC)cc2)nc1. The lowest BCUT2D eigenvalue weighted by molar-refractivity contribution is 0.222. The molecule has 29 heavy (non-hydrogen) atoms. The molecule has 0 bridgehead atoms. The number of hydrogen-bond acceptors (Lipinski definition) is 3. The van der Waals surface area contributed by atoms with E-state index in [9.17, 15) is 8.78 Å². The lowest BCUT2D eigenvalue weighted by Crippen LogP contribution is -2.08. The average molecular weight is 405 g/mol. The summed E-state index contributed by atoms with van der Waals surface area (Å²) in [6, 6.07) is 7.92. The molecule has 0 aliphatic rings. The summed E-state index contributed by atoms with van der Waals surface area (Å²) in [6.07, 6.45) is 8.64. The Morgan fingerprint density at radius 1 is 0.828 bits per heavy atom. The topological polar surface area (TPSA) is 35.0 Å². The van der Waals surface area contributed by atoms with Gasteiger partial charge in [0.1, 0.15) is 12.3 Å². The number of hydrogen-bond donors (Lipinski definition) is 0. The number of aromatic nitrogens is 2. The summed E-state index contributed by atoms with van der Waals surface area (Å²) in [5.41, 5.74) is 2.03. The molecule has 0 unspecified atom stereocenters. The fourth-order valence-electron chi connectivity index (χ4n) is 3.21. The highest BCUT2D eigenvalue weighted by atomic mass is 19.1. The van der Waals surface area contributed by atoms with Gasteiger partial charge in [0.2, 0.25) is 0 Å². The predicted molar refractivity (Wildman–Crippen MR) is 115 cm³/mol. The average Bonchev–Trinajstić information content (AvgIpc) is 2.74. The Labute approximate surface area is 173 Å². The van der Waals surface area contributed by atoms with Crippen LogP contribution in [0.4, 0.5) is 8.78 Å². The van der Waals surface area contributed by atoms with Gasteiger partial charge in [-0.3, -0.25) is 0 Å². The van der Waals surface area contributed by atoms with Gasteiger partial charge in [0.15, 0.2) is 11.6 Å². The van der Waals surface area contributed by atoms with Gasteiger partial charge >= 0.3 is 0 Å². The first-order valence-corrected chi connectivity index (χ1v) is 10.9. The molecule has 3 nitrogen and oxygen atoms in total. The molecule has 5 heteroatoms. The van der Waals surface area contributed by atoms with Crippen molar-refractivity contribution in [2.24, 2.45) is 0 Å². The zero-order valence-corrected chi connectivity index (χ0v) is 17.7. The van der Waals surface area contributed by atoms with Crippen molar-refractivity contribution in [3.05, 3.63) is 42.2 Å². The second-order valence-electron chi connectivity index (χ2n) is 7.59. The summed E-state index contributed by atoms with van der Waals surface area (Å²) in [7, 11) is 0. The summed E-state index contributed by atoms with van der Waals surface area (Å²) < 4.78 is 32.9. The van der Waals surface area contributed by atoms with Crippen LogP contribution in [0, 0.1) is 0 Å². The third kappa shape index (κ3) is 8.88. The van der Waals surface area contributed by atoms with Crippen molar-refractivity contribution in [2.75, 3.05) is 6.61 Å². The van der Waals surface area contributed by atoms with Gasteiger partial charge in [0.05, 0.1) is 19.0 Å². The first-order chi connectivity index (χ1) is 14.1. The Bertz CT molecular complexity index is 676. The van der Waals surface area contributed by atoms with Crippen LogP contribution < -0.4 is 4.74 Å². The quantitative estimate of drug-likeness (QED) is 0.321. The van der Waals surface area contributed by atoms with Crippen molar-refractivity contribution in [3.8, 4) is 17.1 Å². The minimum Gasteiger partial charge on any atom is -0.490 e. The second kappa shape index (κ2) is 13.2. The molecule has 2 aromatic rings. The number of nitrogens with zero attached hydrogens (tertiary/aromatic N) is 2. The maximum atomic E-state index is 13.8. The van der Waals surface area contributed by atoms with E-state index >= 15 is 0 Å². The highest BCUT2D eigenvalue weighted by molar-refractivity contribution is 5.55. The lowest BCUT2D eigenvalue weighted by atomic mass is 10.0. The van der Waals surface area contributed by atoms with Gasteiger partial charge in [-0.1, -0.05) is 63.8 Å². The molecular weight excluding hydrogens is 370 g/mol. The fraction of sp³-hybridized carbons (Fsp3) is 0.583. The molecule has 1 aromatic heterocycles. The van der Waals surface area contributed by atoms with Gasteiger partial charge in [-0.2, -0.15) is 0 Å². The molecule has 0 aliphatic carbocycles. The van der Waals surface area contributed by atoms with Crippen LogP contribution in [0.25, 0.3) is 11.4 Å². The molecule has 0 spiro atoms. The van der Waals surface area contributed by atoms with Gasteiger partial charge in [0.25, 0.3) is 0 Å². The van der Waals surface area contributed by atoms with Crippen molar-refractivity contribution in [3.63, 3.8) is 0 Å². The Balaban J connectivity index is 1.77. The third-order valence-electron chi connectivity index (χ3n) is 5.01. The Hall–Kier alpha value is -2.04. The van der Waals surface area contributed by atoms with Gasteiger partial charge in [0, 0.05) is 12.0 Å². The molecule has 160 valence electrons. The van der Waals surface area contributed by atoms with Crippen LogP contribution in [0.5, 0.6) is 5.75 Å². The van der Waals surface area contributed by atoms with Crippen molar-refractivity contribution in [2.45, 2.75) is 84.0 Å². The van der Waals surface area contributed by atoms with E-state index in [1.165, 1.54) is 0 Å². The number of unbranched alkanes of at least 4 members (excludes halogenated alkanes) is 2. The number of alkyl halides is 2. The summed E-state index contributed by atoms with van der Waals surface area (Å²) >= 11 is 0. The minimum absolute atomic E-state index is 0.332. The first kappa shape index (κ1) is 23.2. The molecule has 0 saturated carbocycles. The van der Waals surface area contributed by atoms with Crippen molar-refractivity contribution in [1.82, 2.24) is 9.97 Å². The fourth-order valence-corrected chi connectivity index (χ4v) is 3.21. The summed E-state index contributed by atoms with van der Waals surface area (Å²) in [6.45, 7) is 4.45. The van der Waals surface area contributed by atoms with E-state index in [0.717, 1.165) is 43.2 Å². The highest BCUT2D eigenvalue weighted by Crippen LogP contribution is 2.19. The van der Waals surface area contributed by atoms with Crippen LogP contribution in [0.3, 0.4) is 0 Å². The van der Waals surface area contributed by atoms with Crippen LogP contribution in [-0.4, -0.2) is 28.9 Å². The molecule has 0 fully saturated rings. The van der Waals surface area contributed by atoms with Gasteiger partial charge < -0.3 is 4.74 Å². The summed E-state index contributed by atoms with van der Waals surface area (Å²) in [4.78, 5) is 8.69. The molecule has 0 amide bonds. The first-order valence-electron chi connectivity index (χ1n) is 10.9. The normalized spacial score (nSPS) is 13.2. The van der Waals surface area contributed by atoms with Gasteiger partial charge in [-0.25, -0.2) is 18.7 Å². The number of rotatable bonds is 14. The second-order valence-corrected chi connectivity index (χ2v) is 7.59. The molecule has 1 heterocycles. The lowest BCUT2D eigenvalue weighted by Gasteiger charge is -2.10. The number of ether oxygens (including phenoxy) is 1. The zero-order valence-electron chi connectivity index (χ0n) is 17.7. The van der Waals surface area contributed by atoms with Gasteiger partial charge in [-0.15, -0.1) is 0 Å². The van der Waals surface area contributed by atoms with Crippen LogP contribution >= 0.6 is 0 Å². The van der Waals surface area contributed by atoms with E-state index in [0.29, 0.717) is 43.9 Å². The summed E-state index contributed by atoms with van der Waals surface area (Å²) in [5, 5.41) is 0. The maximum absolute atomic E-state index is 13.8. The van der Waals surface area contributed by atoms with Crippen molar-refractivity contribution >= 4 is 0 Å². The standard InChI is InChI=1S/C24H34F2N2O/c1-3-5-6-8-22(26)15-16-29-23-17-27-24(28-18-23)20-12-9-19(10-13-20)11-14-21(25)7-4-2/h9-10,12-13,17-18,21-22H,3-8,11,14-16H2,1-2H3/t21-,22+/m1/s1. The molecule has 0 N–H and O–H groups in total. The van der Waals surface area contributed by atoms with Gasteiger partial charge in [-0.05, 0) is 31.2 Å². The summed E-state index contributed by atoms with van der Waals surface area (Å²) in [5.74, 6) is 1.16. The molecule has 0 saturated heterocycles. The van der Waals surface area contributed by atoms with Crippen molar-refractivity contribution in [1.29, 1.82) is 0 Å². The van der Waals surface area contributed by atoms with E-state index in [1.807, 2.05) is 31.2 Å². The third-order valence-corrected chi connectivity index (χ3v) is 5.01. The van der Waals surface area contributed by atoms with E-state index in [2.05, 4.69) is 16.9 Å². The molecule has 2 atom stereocenters. The molecule has 2 rings (SSSR count). The zero-order chi connectivity index (χ0) is 20.9. The van der Waals surface area contributed by atoms with Crippen LogP contribution in [0.2, 0.25) is 0 Å². The van der Waals surface area contributed by atoms with E-state index in [-0.39, 0.29) is 0 Å². The minimum atomic E-state index is -0.810. The van der Waals surface area contributed by atoms with Crippen LogP contribution in [0.1, 0.15) is 70.8 Å². The smallest absolute Gasteiger partial charge is 0.159 e. The Morgan fingerprint density at radius 3 is 2.17 bits per heavy atom. The Kier molecular flexibility index (Phi) is 10.6. The Morgan fingerprint density at radius 2 is 1.52 bits per heavy atom. The van der Waals surface area contributed by atoms with Crippen LogP contribution in [-0.2, 0) is 6.42 Å². The number of aryl methyl sites for hydroxylation is 1. The molecule has 0 aliphatic heterocycles. The van der Waals surface area contributed by atoms with E-state index in [1.54, 1.807) is 12.4 Å². The van der Waals surface area contributed by atoms with E-state index in [4.69, 9.17) is 4.74 Å². The molecule has 1 aromatic carbocycles. The van der Waals surface area contributed by atoms with Crippen molar-refractivity contribution < 1.29 is 13.5 Å². The monoisotopic (exact) mass is 404 g/mol. The maximum Gasteiger partial charge on any atom is 0.159 e. The largest absolute Gasteiger partial charge is 0.490 e. The number of benzene rings is 1. The predicted octanol–water partition coefficient (Wildman–Crippen LogP) is 6.90. The highest BCUT2D eigenvalue weighted by Gasteiger charge is 2.08. The molecule has 0 radical (unpaired) electrons. The van der Waals surface area contributed by atoms with Crippen LogP contribution in [0.15, 0.2) is 36.7 Å².